The van der Waals surface area contributed by atoms with E-state index in [1.54, 1.807) is 31.2 Å². The molecule has 1 aromatic heterocycles. The second kappa shape index (κ2) is 8.74. The maximum absolute atomic E-state index is 12.9. The van der Waals surface area contributed by atoms with Crippen molar-refractivity contribution in [2.75, 3.05) is 13.7 Å². The molecule has 1 unspecified atom stereocenters. The normalized spacial score (nSPS) is 18.5. The number of ketones is 1. The summed E-state index contributed by atoms with van der Waals surface area (Å²) in [6.45, 7) is 4.24. The predicted octanol–water partition coefficient (Wildman–Crippen LogP) is 4.86. The Bertz CT molecular complexity index is 962. The first-order chi connectivity index (χ1) is 13.9. The molecular weight excluding hydrogens is 394 g/mol. The minimum Gasteiger partial charge on any atom is -0.507 e. The fourth-order valence-electron chi connectivity index (χ4n) is 3.50. The number of aliphatic hydroxyl groups is 1. The van der Waals surface area contributed by atoms with Crippen LogP contribution in [0.1, 0.15) is 49.3 Å². The van der Waals surface area contributed by atoms with Crippen molar-refractivity contribution in [1.29, 1.82) is 0 Å². The summed E-state index contributed by atoms with van der Waals surface area (Å²) < 4.78 is 10.9. The predicted molar refractivity (Wildman–Crippen MR) is 110 cm³/mol. The summed E-state index contributed by atoms with van der Waals surface area (Å²) >= 11 is 6.26. The number of halogens is 1. The van der Waals surface area contributed by atoms with Gasteiger partial charge in [0.15, 0.2) is 0 Å². The number of hydrogen-bond donors (Lipinski definition) is 1. The average Bonchev–Trinajstić information content (AvgIpc) is 3.24. The zero-order valence-electron chi connectivity index (χ0n) is 16.7. The van der Waals surface area contributed by atoms with Crippen LogP contribution in [0.4, 0.5) is 0 Å². The molecule has 0 bridgehead atoms. The lowest BCUT2D eigenvalue weighted by Crippen LogP contribution is -2.30. The minimum atomic E-state index is -0.803. The maximum atomic E-state index is 12.9. The van der Waals surface area contributed by atoms with Crippen molar-refractivity contribution >= 4 is 29.1 Å². The quantitative estimate of drug-likeness (QED) is 0.301. The van der Waals surface area contributed by atoms with Crippen LogP contribution in [0.15, 0.2) is 40.3 Å². The number of hydrogen-bond acceptors (Lipinski definition) is 5. The van der Waals surface area contributed by atoms with Crippen LogP contribution >= 0.6 is 11.6 Å². The van der Waals surface area contributed by atoms with Gasteiger partial charge in [-0.2, -0.15) is 0 Å². The summed E-state index contributed by atoms with van der Waals surface area (Å²) in [5, 5.41) is 11.3. The number of methoxy groups -OCH3 is 1. The number of furan rings is 1. The van der Waals surface area contributed by atoms with Crippen molar-refractivity contribution in [1.82, 2.24) is 4.90 Å². The summed E-state index contributed by atoms with van der Waals surface area (Å²) in [5.74, 6) is -0.196. The van der Waals surface area contributed by atoms with E-state index in [1.165, 1.54) is 18.1 Å². The number of carbonyl (C=O) groups is 2. The Kier molecular flexibility index (Phi) is 6.33. The Hall–Kier alpha value is -2.73. The highest BCUT2D eigenvalue weighted by Gasteiger charge is 2.47. The molecule has 6 nitrogen and oxygen atoms in total. The fourth-order valence-corrected chi connectivity index (χ4v) is 3.70. The molecule has 1 aliphatic heterocycles. The molecule has 1 saturated heterocycles. The summed E-state index contributed by atoms with van der Waals surface area (Å²) in [6.07, 6.45) is 2.65. The van der Waals surface area contributed by atoms with Gasteiger partial charge in [0, 0.05) is 12.1 Å². The van der Waals surface area contributed by atoms with E-state index in [0.717, 1.165) is 19.3 Å². The van der Waals surface area contributed by atoms with Gasteiger partial charge in [-0.15, -0.1) is 0 Å². The Morgan fingerprint density at radius 1 is 1.24 bits per heavy atom. The molecule has 29 heavy (non-hydrogen) atoms. The van der Waals surface area contributed by atoms with E-state index in [-0.39, 0.29) is 21.9 Å². The zero-order chi connectivity index (χ0) is 21.1. The number of ether oxygens (including phenoxy) is 1. The molecule has 0 radical (unpaired) electrons. The Morgan fingerprint density at radius 2 is 2.00 bits per heavy atom. The number of unbranched alkanes of at least 4 members (excludes halogenated alkanes) is 2. The van der Waals surface area contributed by atoms with E-state index in [2.05, 4.69) is 6.92 Å². The van der Waals surface area contributed by atoms with Crippen molar-refractivity contribution in [3.05, 3.63) is 58.0 Å². The highest BCUT2D eigenvalue weighted by atomic mass is 35.5. The SMILES string of the molecule is CCCCCN1C(=O)C(=O)/C(=C(/O)c2cc(OC)ccc2Cl)C1c1ccc(C)o1. The Balaban J connectivity index is 2.15. The first kappa shape index (κ1) is 21.0. The van der Waals surface area contributed by atoms with Gasteiger partial charge in [0.05, 0.1) is 17.7 Å². The molecule has 1 amide bonds. The molecule has 154 valence electrons. The first-order valence-corrected chi connectivity index (χ1v) is 9.95. The highest BCUT2D eigenvalue weighted by Crippen LogP contribution is 2.41. The van der Waals surface area contributed by atoms with Crippen LogP contribution in [-0.2, 0) is 9.59 Å². The van der Waals surface area contributed by atoms with E-state index in [4.69, 9.17) is 20.8 Å². The van der Waals surface area contributed by atoms with E-state index in [0.29, 0.717) is 23.8 Å². The Morgan fingerprint density at radius 3 is 2.62 bits per heavy atom. The van der Waals surface area contributed by atoms with Crippen LogP contribution in [0.5, 0.6) is 5.75 Å². The number of amides is 1. The van der Waals surface area contributed by atoms with Crippen LogP contribution in [0.25, 0.3) is 5.76 Å². The molecule has 1 aliphatic rings. The first-order valence-electron chi connectivity index (χ1n) is 9.57. The number of likely N-dealkylation sites (tertiary alicyclic amines) is 1. The van der Waals surface area contributed by atoms with Crippen molar-refractivity contribution in [3.8, 4) is 5.75 Å². The molecule has 1 aromatic carbocycles. The van der Waals surface area contributed by atoms with Crippen LogP contribution in [0.2, 0.25) is 5.02 Å². The second-order valence-corrected chi connectivity index (χ2v) is 7.40. The summed E-state index contributed by atoms with van der Waals surface area (Å²) in [7, 11) is 1.49. The van der Waals surface area contributed by atoms with Gasteiger partial charge >= 0.3 is 0 Å². The molecule has 3 rings (SSSR count). The van der Waals surface area contributed by atoms with Crippen LogP contribution in [0, 0.1) is 6.92 Å². The van der Waals surface area contributed by atoms with Gasteiger partial charge in [0.25, 0.3) is 11.7 Å². The van der Waals surface area contributed by atoms with E-state index in [9.17, 15) is 14.7 Å². The third-order valence-electron chi connectivity index (χ3n) is 5.00. The molecule has 7 heteroatoms. The Labute approximate surface area is 174 Å². The van der Waals surface area contributed by atoms with Crippen molar-refractivity contribution in [3.63, 3.8) is 0 Å². The zero-order valence-corrected chi connectivity index (χ0v) is 17.5. The number of aryl methyl sites for hydroxylation is 1. The van der Waals surface area contributed by atoms with Gasteiger partial charge in [-0.1, -0.05) is 31.4 Å². The lowest BCUT2D eigenvalue weighted by atomic mass is 9.99. The van der Waals surface area contributed by atoms with Crippen LogP contribution < -0.4 is 4.74 Å². The largest absolute Gasteiger partial charge is 0.507 e. The standard InChI is InChI=1S/C22H24ClNO5/c1-4-5-6-11-24-19(17-10-7-13(2)29-17)18(21(26)22(24)27)20(25)15-12-14(28-3)8-9-16(15)23/h7-10,12,19,25H,4-6,11H2,1-3H3/b20-18+. The molecule has 0 saturated carbocycles. The van der Waals surface area contributed by atoms with Crippen LogP contribution in [-0.4, -0.2) is 35.4 Å². The van der Waals surface area contributed by atoms with Crippen molar-refractivity contribution in [2.45, 2.75) is 39.2 Å². The monoisotopic (exact) mass is 417 g/mol. The molecule has 2 aromatic rings. The minimum absolute atomic E-state index is 0.0315. The summed E-state index contributed by atoms with van der Waals surface area (Å²) in [5.41, 5.74) is 0.196. The maximum Gasteiger partial charge on any atom is 0.295 e. The molecule has 0 spiro atoms. The molecule has 2 heterocycles. The summed E-state index contributed by atoms with van der Waals surface area (Å²) in [6, 6.07) is 7.43. The number of Topliss-reactive ketones (excluding diaryl/α,β-unsaturated/α-hetero) is 1. The number of nitrogens with zero attached hydrogens (tertiary/aromatic N) is 1. The van der Waals surface area contributed by atoms with Crippen molar-refractivity contribution < 1.29 is 23.8 Å². The van der Waals surface area contributed by atoms with E-state index >= 15 is 0 Å². The highest BCUT2D eigenvalue weighted by molar-refractivity contribution is 6.46. The molecule has 1 N–H and O–H groups in total. The van der Waals surface area contributed by atoms with E-state index < -0.39 is 17.7 Å². The molecule has 1 atom stereocenters. The van der Waals surface area contributed by atoms with Gasteiger partial charge < -0.3 is 19.2 Å². The fraction of sp³-hybridized carbons (Fsp3) is 0.364. The number of benzene rings is 1. The summed E-state index contributed by atoms with van der Waals surface area (Å²) in [4.78, 5) is 27.1. The topological polar surface area (TPSA) is 80.0 Å². The molecule has 1 fully saturated rings. The number of carbonyl (C=O) groups excluding carboxylic acids is 2. The van der Waals surface area contributed by atoms with Gasteiger partial charge in [-0.25, -0.2) is 0 Å². The second-order valence-electron chi connectivity index (χ2n) is 6.99. The number of aliphatic hydroxyl groups excluding tert-OH is 1. The van der Waals surface area contributed by atoms with Gasteiger partial charge in [0.2, 0.25) is 0 Å². The third-order valence-corrected chi connectivity index (χ3v) is 5.33. The van der Waals surface area contributed by atoms with Gasteiger partial charge in [-0.05, 0) is 43.7 Å². The lowest BCUT2D eigenvalue weighted by molar-refractivity contribution is -0.140. The third kappa shape index (κ3) is 4.03. The molecule has 0 aliphatic carbocycles. The average molecular weight is 418 g/mol. The van der Waals surface area contributed by atoms with Gasteiger partial charge in [0.1, 0.15) is 29.1 Å². The van der Waals surface area contributed by atoms with Crippen LogP contribution in [0.3, 0.4) is 0 Å². The molecular formula is C22H24ClNO5. The lowest BCUT2D eigenvalue weighted by Gasteiger charge is -2.23. The smallest absolute Gasteiger partial charge is 0.295 e. The van der Waals surface area contributed by atoms with Crippen molar-refractivity contribution in [2.24, 2.45) is 0 Å². The number of rotatable bonds is 7. The van der Waals surface area contributed by atoms with E-state index in [1.807, 2.05) is 0 Å². The van der Waals surface area contributed by atoms with Gasteiger partial charge in [-0.3, -0.25) is 9.59 Å².